The molecular formula is C20H20F2N4O2S. The summed E-state index contributed by atoms with van der Waals surface area (Å²) in [6.07, 6.45) is 2.20. The summed E-state index contributed by atoms with van der Waals surface area (Å²) in [7, 11) is 1.64. The lowest BCUT2D eigenvalue weighted by molar-refractivity contribution is 0.101. The van der Waals surface area contributed by atoms with E-state index in [1.807, 2.05) is 0 Å². The first-order chi connectivity index (χ1) is 13.9. The fourth-order valence-corrected chi connectivity index (χ4v) is 5.09. The molecule has 0 saturated heterocycles. The number of nitrogens with zero attached hydrogens (tertiary/aromatic N) is 2. The van der Waals surface area contributed by atoms with Gasteiger partial charge in [-0.05, 0) is 36.8 Å². The van der Waals surface area contributed by atoms with Gasteiger partial charge in [-0.15, -0.1) is 0 Å². The number of pyridine rings is 1. The molecule has 1 amide bonds. The second kappa shape index (κ2) is 7.72. The van der Waals surface area contributed by atoms with Crippen LogP contribution in [0.1, 0.15) is 28.9 Å². The van der Waals surface area contributed by atoms with Gasteiger partial charge in [0.1, 0.15) is 17.3 Å². The van der Waals surface area contributed by atoms with E-state index in [1.165, 1.54) is 30.0 Å². The molecule has 1 fully saturated rings. The number of amidine groups is 1. The van der Waals surface area contributed by atoms with Crippen LogP contribution in [-0.4, -0.2) is 35.0 Å². The molecule has 1 aliphatic carbocycles. The number of hydrogen-bond acceptors (Lipinski definition) is 6. The molecule has 0 unspecified atom stereocenters. The molecule has 3 N–H and O–H groups in total. The first-order valence-electron chi connectivity index (χ1n) is 9.15. The van der Waals surface area contributed by atoms with Crippen LogP contribution >= 0.6 is 11.8 Å². The van der Waals surface area contributed by atoms with E-state index < -0.39 is 23.1 Å². The zero-order valence-electron chi connectivity index (χ0n) is 15.7. The molecule has 4 rings (SSSR count). The molecule has 0 radical (unpaired) electrons. The third-order valence-electron chi connectivity index (χ3n) is 5.49. The van der Waals surface area contributed by atoms with Crippen molar-refractivity contribution >= 4 is 28.5 Å². The fraction of sp³-hybridized carbons (Fsp3) is 0.350. The molecule has 2 aliphatic rings. The topological polar surface area (TPSA) is 89.6 Å². The number of ether oxygens (including phenoxy) is 1. The normalized spacial score (nSPS) is 26.0. The zero-order valence-corrected chi connectivity index (χ0v) is 16.5. The van der Waals surface area contributed by atoms with Crippen LogP contribution in [0.15, 0.2) is 41.5 Å². The molecule has 3 atom stereocenters. The molecule has 2 aromatic rings. The minimum Gasteiger partial charge on any atom is -0.381 e. The summed E-state index contributed by atoms with van der Waals surface area (Å²) in [5.41, 5.74) is 6.02. The van der Waals surface area contributed by atoms with Gasteiger partial charge in [-0.25, -0.2) is 13.8 Å². The molecule has 1 aromatic carbocycles. The van der Waals surface area contributed by atoms with Crippen LogP contribution in [0.3, 0.4) is 0 Å². The van der Waals surface area contributed by atoms with Crippen LogP contribution in [0.4, 0.5) is 14.5 Å². The Morgan fingerprint density at radius 1 is 1.34 bits per heavy atom. The van der Waals surface area contributed by atoms with Gasteiger partial charge in [0.2, 0.25) is 0 Å². The van der Waals surface area contributed by atoms with Crippen molar-refractivity contribution in [2.75, 3.05) is 18.2 Å². The Labute approximate surface area is 170 Å². The Morgan fingerprint density at radius 3 is 2.90 bits per heavy atom. The minimum absolute atomic E-state index is 0.0451. The summed E-state index contributed by atoms with van der Waals surface area (Å²) in [5, 5.41) is 3.11. The second-order valence-electron chi connectivity index (χ2n) is 7.19. The summed E-state index contributed by atoms with van der Waals surface area (Å²) >= 11 is 1.46. The monoisotopic (exact) mass is 418 g/mol. The Hall–Kier alpha value is -2.52. The highest BCUT2D eigenvalue weighted by Crippen LogP contribution is 2.52. The van der Waals surface area contributed by atoms with E-state index in [-0.39, 0.29) is 17.7 Å². The minimum atomic E-state index is -0.824. The van der Waals surface area contributed by atoms with Crippen LogP contribution in [0, 0.1) is 17.6 Å². The van der Waals surface area contributed by atoms with E-state index in [2.05, 4.69) is 15.3 Å². The molecule has 1 saturated carbocycles. The highest BCUT2D eigenvalue weighted by atomic mass is 32.2. The van der Waals surface area contributed by atoms with E-state index in [0.29, 0.717) is 22.8 Å². The summed E-state index contributed by atoms with van der Waals surface area (Å²) in [6, 6.07) is 6.81. The van der Waals surface area contributed by atoms with Crippen molar-refractivity contribution in [3.8, 4) is 0 Å². The first-order valence-corrected chi connectivity index (χ1v) is 10.1. The number of thioether (sulfide) groups is 1. The van der Waals surface area contributed by atoms with E-state index >= 15 is 0 Å². The van der Waals surface area contributed by atoms with E-state index in [1.54, 1.807) is 13.2 Å². The third kappa shape index (κ3) is 3.72. The standard InChI is InChI=1S/C20H20F2N4O2S/c1-28-14-6-11-10-29-19(23)26-20(11,8-14)15-7-13(3-4-16(15)22)25-18(27)17-5-2-12(21)9-24-17/h2-5,7,9,11,14H,6,8,10H2,1H3,(H2,23,26)(H,25,27)/t11-,14-,20-/m0/s1. The largest absolute Gasteiger partial charge is 0.381 e. The molecule has 9 heteroatoms. The van der Waals surface area contributed by atoms with E-state index in [4.69, 9.17) is 10.5 Å². The molecular weight excluding hydrogens is 398 g/mol. The van der Waals surface area contributed by atoms with Gasteiger partial charge >= 0.3 is 0 Å². The van der Waals surface area contributed by atoms with Crippen molar-refractivity contribution in [3.63, 3.8) is 0 Å². The van der Waals surface area contributed by atoms with E-state index in [0.717, 1.165) is 24.4 Å². The molecule has 29 heavy (non-hydrogen) atoms. The van der Waals surface area contributed by atoms with Gasteiger partial charge in [0.15, 0.2) is 5.17 Å². The number of hydrogen-bond donors (Lipinski definition) is 2. The quantitative estimate of drug-likeness (QED) is 0.795. The number of carbonyl (C=O) groups is 1. The number of carbonyl (C=O) groups excluding carboxylic acids is 1. The molecule has 6 nitrogen and oxygen atoms in total. The van der Waals surface area contributed by atoms with Crippen molar-refractivity contribution in [3.05, 3.63) is 59.4 Å². The lowest BCUT2D eigenvalue weighted by Crippen LogP contribution is -2.37. The van der Waals surface area contributed by atoms with Crippen LogP contribution < -0.4 is 11.1 Å². The number of aliphatic imine (C=N–C) groups is 1. The van der Waals surface area contributed by atoms with Crippen LogP contribution in [-0.2, 0) is 10.3 Å². The number of anilines is 1. The van der Waals surface area contributed by atoms with Gasteiger partial charge in [0.25, 0.3) is 5.91 Å². The summed E-state index contributed by atoms with van der Waals surface area (Å²) in [6.45, 7) is 0. The van der Waals surface area contributed by atoms with Gasteiger partial charge in [-0.1, -0.05) is 11.8 Å². The predicted octanol–water partition coefficient (Wildman–Crippen LogP) is 3.29. The van der Waals surface area contributed by atoms with Gasteiger partial charge in [0.05, 0.1) is 17.8 Å². The maximum Gasteiger partial charge on any atom is 0.274 e. The van der Waals surface area contributed by atoms with Crippen LogP contribution in [0.5, 0.6) is 0 Å². The lowest BCUT2D eigenvalue weighted by atomic mass is 9.81. The highest BCUT2D eigenvalue weighted by molar-refractivity contribution is 8.13. The molecule has 0 bridgehead atoms. The molecule has 152 valence electrons. The Balaban J connectivity index is 1.68. The third-order valence-corrected chi connectivity index (χ3v) is 6.44. The SMILES string of the molecule is CO[C@H]1C[C@H]2CSC(N)=N[C@@]2(c2cc(NC(=O)c3ccc(F)cn3)ccc2F)C1. The second-order valence-corrected chi connectivity index (χ2v) is 8.23. The first kappa shape index (κ1) is 19.8. The molecule has 0 spiro atoms. The number of methoxy groups -OCH3 is 1. The molecule has 1 aliphatic heterocycles. The van der Waals surface area contributed by atoms with Crippen molar-refractivity contribution < 1.29 is 18.3 Å². The zero-order chi connectivity index (χ0) is 20.6. The number of nitrogens with two attached hydrogens (primary N) is 1. The Morgan fingerprint density at radius 2 is 2.17 bits per heavy atom. The maximum atomic E-state index is 14.9. The molecule has 2 heterocycles. The summed E-state index contributed by atoms with van der Waals surface area (Å²) < 4.78 is 33.5. The van der Waals surface area contributed by atoms with Crippen molar-refractivity contribution in [1.82, 2.24) is 4.98 Å². The predicted molar refractivity (Wildman–Crippen MR) is 108 cm³/mol. The number of halogens is 2. The van der Waals surface area contributed by atoms with Crippen LogP contribution in [0.2, 0.25) is 0 Å². The van der Waals surface area contributed by atoms with Crippen molar-refractivity contribution in [2.24, 2.45) is 16.6 Å². The van der Waals surface area contributed by atoms with Gasteiger partial charge < -0.3 is 15.8 Å². The van der Waals surface area contributed by atoms with Crippen molar-refractivity contribution in [2.45, 2.75) is 24.5 Å². The maximum absolute atomic E-state index is 14.9. The lowest BCUT2D eigenvalue weighted by Gasteiger charge is -2.36. The number of rotatable bonds is 4. The Bertz CT molecular complexity index is 969. The van der Waals surface area contributed by atoms with Gasteiger partial charge in [-0.3, -0.25) is 9.79 Å². The summed E-state index contributed by atoms with van der Waals surface area (Å²) in [4.78, 5) is 20.8. The smallest absolute Gasteiger partial charge is 0.274 e. The number of nitrogens with one attached hydrogen (secondary N) is 1. The van der Waals surface area contributed by atoms with Gasteiger partial charge in [-0.2, -0.15) is 0 Å². The average Bonchev–Trinajstić information content (AvgIpc) is 3.08. The Kier molecular flexibility index (Phi) is 5.26. The van der Waals surface area contributed by atoms with Crippen molar-refractivity contribution in [1.29, 1.82) is 0 Å². The van der Waals surface area contributed by atoms with Gasteiger partial charge in [0, 0.05) is 36.5 Å². The number of aromatic nitrogens is 1. The average molecular weight is 418 g/mol. The fourth-order valence-electron chi connectivity index (χ4n) is 4.08. The summed E-state index contributed by atoms with van der Waals surface area (Å²) in [5.74, 6) is -0.655. The number of benzene rings is 1. The number of fused-ring (bicyclic) bond motifs is 1. The molecule has 1 aromatic heterocycles. The highest BCUT2D eigenvalue weighted by Gasteiger charge is 2.52. The number of amides is 1. The van der Waals surface area contributed by atoms with E-state index in [9.17, 15) is 13.6 Å². The van der Waals surface area contributed by atoms with Crippen LogP contribution in [0.25, 0.3) is 0 Å².